The van der Waals surface area contributed by atoms with Gasteiger partial charge in [0.05, 0.1) is 6.10 Å². The minimum Gasteiger partial charge on any atom is -0.393 e. The van der Waals surface area contributed by atoms with Gasteiger partial charge in [0.15, 0.2) is 0 Å². The molecule has 0 aromatic heterocycles. The van der Waals surface area contributed by atoms with E-state index in [-0.39, 0.29) is 6.10 Å². The van der Waals surface area contributed by atoms with Gasteiger partial charge in [-0.1, -0.05) is 24.3 Å². The van der Waals surface area contributed by atoms with Gasteiger partial charge in [0.1, 0.15) is 0 Å². The van der Waals surface area contributed by atoms with Gasteiger partial charge in [0.2, 0.25) is 0 Å². The van der Waals surface area contributed by atoms with E-state index in [0.717, 1.165) is 25.7 Å². The van der Waals surface area contributed by atoms with E-state index in [0.29, 0.717) is 12.5 Å². The molecule has 0 amide bonds. The molecule has 2 rings (SSSR count). The molecule has 15 heavy (non-hydrogen) atoms. The van der Waals surface area contributed by atoms with Gasteiger partial charge in [-0.05, 0) is 42.7 Å². The summed E-state index contributed by atoms with van der Waals surface area (Å²) in [6, 6.07) is 8.42. The van der Waals surface area contributed by atoms with Crippen molar-refractivity contribution in [2.75, 3.05) is 0 Å². The van der Waals surface area contributed by atoms with Crippen LogP contribution >= 0.6 is 0 Å². The molecule has 1 aromatic rings. The molecule has 3 N–H and O–H groups in total. The fourth-order valence-electron chi connectivity index (χ4n) is 2.51. The average molecular weight is 205 g/mol. The van der Waals surface area contributed by atoms with Crippen molar-refractivity contribution in [1.82, 2.24) is 0 Å². The molecule has 1 fully saturated rings. The second-order valence-electron chi connectivity index (χ2n) is 4.41. The Morgan fingerprint density at radius 3 is 2.47 bits per heavy atom. The topological polar surface area (TPSA) is 46.2 Å². The van der Waals surface area contributed by atoms with E-state index >= 15 is 0 Å². The van der Waals surface area contributed by atoms with Crippen LogP contribution in [0.25, 0.3) is 0 Å². The van der Waals surface area contributed by atoms with E-state index in [1.54, 1.807) is 0 Å². The van der Waals surface area contributed by atoms with E-state index in [2.05, 4.69) is 18.2 Å². The molecule has 0 aliphatic heterocycles. The molecule has 0 heterocycles. The Hall–Kier alpha value is -0.860. The van der Waals surface area contributed by atoms with Crippen LogP contribution in [-0.2, 0) is 6.54 Å². The first kappa shape index (κ1) is 10.7. The molecule has 1 saturated carbocycles. The Morgan fingerprint density at radius 2 is 1.80 bits per heavy atom. The molecule has 0 saturated heterocycles. The standard InChI is InChI=1S/C13H19NO/c14-9-11-3-1-2-4-13(11)10-5-7-12(15)8-6-10/h1-4,10,12,15H,5-9,14H2. The van der Waals surface area contributed by atoms with Crippen molar-refractivity contribution in [3.63, 3.8) is 0 Å². The van der Waals surface area contributed by atoms with Crippen molar-refractivity contribution in [2.45, 2.75) is 44.2 Å². The van der Waals surface area contributed by atoms with Crippen LogP contribution in [-0.4, -0.2) is 11.2 Å². The van der Waals surface area contributed by atoms with Gasteiger partial charge in [-0.25, -0.2) is 0 Å². The van der Waals surface area contributed by atoms with E-state index in [9.17, 15) is 5.11 Å². The maximum absolute atomic E-state index is 9.48. The number of rotatable bonds is 2. The van der Waals surface area contributed by atoms with Gasteiger partial charge in [0, 0.05) is 6.54 Å². The quantitative estimate of drug-likeness (QED) is 0.777. The first-order valence-electron chi connectivity index (χ1n) is 5.77. The zero-order valence-electron chi connectivity index (χ0n) is 9.02. The summed E-state index contributed by atoms with van der Waals surface area (Å²) in [5.41, 5.74) is 8.39. The predicted molar refractivity (Wildman–Crippen MR) is 61.5 cm³/mol. The first-order chi connectivity index (χ1) is 7.31. The largest absolute Gasteiger partial charge is 0.393 e. The number of aliphatic hydroxyl groups is 1. The third-order valence-corrected chi connectivity index (χ3v) is 3.41. The summed E-state index contributed by atoms with van der Waals surface area (Å²) in [6.07, 6.45) is 3.98. The number of benzene rings is 1. The second-order valence-corrected chi connectivity index (χ2v) is 4.41. The fraction of sp³-hybridized carbons (Fsp3) is 0.538. The van der Waals surface area contributed by atoms with Crippen molar-refractivity contribution >= 4 is 0 Å². The summed E-state index contributed by atoms with van der Waals surface area (Å²) in [5, 5.41) is 9.48. The lowest BCUT2D eigenvalue weighted by atomic mass is 9.81. The van der Waals surface area contributed by atoms with Crippen molar-refractivity contribution < 1.29 is 5.11 Å². The molecular weight excluding hydrogens is 186 g/mol. The van der Waals surface area contributed by atoms with Gasteiger partial charge < -0.3 is 10.8 Å². The van der Waals surface area contributed by atoms with E-state index in [1.165, 1.54) is 11.1 Å². The molecule has 0 atom stereocenters. The third-order valence-electron chi connectivity index (χ3n) is 3.41. The molecule has 2 heteroatoms. The summed E-state index contributed by atoms with van der Waals surface area (Å²) < 4.78 is 0. The van der Waals surface area contributed by atoms with Gasteiger partial charge in [0.25, 0.3) is 0 Å². The Bertz CT molecular complexity index is 316. The normalized spacial score (nSPS) is 26.5. The second kappa shape index (κ2) is 4.77. The van der Waals surface area contributed by atoms with Crippen molar-refractivity contribution in [3.8, 4) is 0 Å². The molecule has 0 radical (unpaired) electrons. The molecule has 1 aromatic carbocycles. The molecule has 2 nitrogen and oxygen atoms in total. The Balaban J connectivity index is 2.15. The highest BCUT2D eigenvalue weighted by Crippen LogP contribution is 2.34. The molecule has 1 aliphatic rings. The van der Waals surface area contributed by atoms with Crippen molar-refractivity contribution in [3.05, 3.63) is 35.4 Å². The molecule has 0 spiro atoms. The van der Waals surface area contributed by atoms with Crippen LogP contribution in [0, 0.1) is 0 Å². The monoisotopic (exact) mass is 205 g/mol. The zero-order valence-corrected chi connectivity index (χ0v) is 9.02. The van der Waals surface area contributed by atoms with Crippen molar-refractivity contribution in [1.29, 1.82) is 0 Å². The fourth-order valence-corrected chi connectivity index (χ4v) is 2.51. The van der Waals surface area contributed by atoms with Crippen molar-refractivity contribution in [2.24, 2.45) is 5.73 Å². The first-order valence-corrected chi connectivity index (χ1v) is 5.77. The molecule has 82 valence electrons. The Morgan fingerprint density at radius 1 is 1.13 bits per heavy atom. The zero-order chi connectivity index (χ0) is 10.7. The van der Waals surface area contributed by atoms with Gasteiger partial charge >= 0.3 is 0 Å². The van der Waals surface area contributed by atoms with Crippen LogP contribution in [0.1, 0.15) is 42.7 Å². The molecule has 0 bridgehead atoms. The average Bonchev–Trinajstić information content (AvgIpc) is 2.30. The number of hydrogen-bond acceptors (Lipinski definition) is 2. The van der Waals surface area contributed by atoms with E-state index in [4.69, 9.17) is 5.73 Å². The summed E-state index contributed by atoms with van der Waals surface area (Å²) in [4.78, 5) is 0. The SMILES string of the molecule is NCc1ccccc1C1CCC(O)CC1. The highest BCUT2D eigenvalue weighted by atomic mass is 16.3. The van der Waals surface area contributed by atoms with Gasteiger partial charge in [-0.15, -0.1) is 0 Å². The minimum absolute atomic E-state index is 0.0775. The van der Waals surface area contributed by atoms with Crippen LogP contribution in [0.5, 0.6) is 0 Å². The predicted octanol–water partition coefficient (Wildman–Crippen LogP) is 2.16. The third kappa shape index (κ3) is 2.39. The highest BCUT2D eigenvalue weighted by molar-refractivity contribution is 5.30. The van der Waals surface area contributed by atoms with Crippen LogP contribution in [0.3, 0.4) is 0 Å². The maximum Gasteiger partial charge on any atom is 0.0540 e. The summed E-state index contributed by atoms with van der Waals surface area (Å²) >= 11 is 0. The summed E-state index contributed by atoms with van der Waals surface area (Å²) in [7, 11) is 0. The lowest BCUT2D eigenvalue weighted by Crippen LogP contribution is -2.18. The lowest BCUT2D eigenvalue weighted by Gasteiger charge is -2.27. The van der Waals surface area contributed by atoms with Crippen LogP contribution in [0.2, 0.25) is 0 Å². The molecular formula is C13H19NO. The van der Waals surface area contributed by atoms with E-state index < -0.39 is 0 Å². The lowest BCUT2D eigenvalue weighted by molar-refractivity contribution is 0.122. The smallest absolute Gasteiger partial charge is 0.0540 e. The van der Waals surface area contributed by atoms with Gasteiger partial charge in [-0.2, -0.15) is 0 Å². The Kier molecular flexibility index (Phi) is 3.39. The summed E-state index contributed by atoms with van der Waals surface area (Å²) in [6.45, 7) is 0.620. The Labute approximate surface area is 91.1 Å². The highest BCUT2D eigenvalue weighted by Gasteiger charge is 2.21. The van der Waals surface area contributed by atoms with Crippen LogP contribution < -0.4 is 5.73 Å². The number of nitrogens with two attached hydrogens (primary N) is 1. The van der Waals surface area contributed by atoms with Crippen LogP contribution in [0.15, 0.2) is 24.3 Å². The molecule has 0 unspecified atom stereocenters. The van der Waals surface area contributed by atoms with Crippen LogP contribution in [0.4, 0.5) is 0 Å². The molecule has 1 aliphatic carbocycles. The maximum atomic E-state index is 9.48. The number of aliphatic hydroxyl groups excluding tert-OH is 1. The summed E-state index contributed by atoms with van der Waals surface area (Å²) in [5.74, 6) is 0.605. The minimum atomic E-state index is -0.0775. The number of hydrogen-bond donors (Lipinski definition) is 2. The van der Waals surface area contributed by atoms with Gasteiger partial charge in [-0.3, -0.25) is 0 Å². The van der Waals surface area contributed by atoms with E-state index in [1.807, 2.05) is 6.07 Å².